The van der Waals surface area contributed by atoms with Gasteiger partial charge in [-0.25, -0.2) is 4.79 Å². The number of aromatic nitrogens is 4. The van der Waals surface area contributed by atoms with Crippen molar-refractivity contribution in [2.45, 2.75) is 13.3 Å². The van der Waals surface area contributed by atoms with Gasteiger partial charge < -0.3 is 24.4 Å². The first-order chi connectivity index (χ1) is 17.0. The second kappa shape index (κ2) is 10.3. The van der Waals surface area contributed by atoms with Gasteiger partial charge in [-0.15, -0.1) is 10.2 Å². The Bertz CT molecular complexity index is 1390. The van der Waals surface area contributed by atoms with E-state index in [-0.39, 0.29) is 28.8 Å². The van der Waals surface area contributed by atoms with Crippen molar-refractivity contribution in [2.24, 2.45) is 0 Å². The third kappa shape index (κ3) is 4.80. The standard InChI is InChI=1S/C22H22N6O6S/c1-4-10-33-18-12(17-13(31-2)6-5-7-14(17)32-3)11-15(34-20(18)30)19(29)25-21-26-27-22(35-21)28-16(23)8-9-24-28/h5-9,11H,4,10,23H2,1-3H3,(H,25,26,29). The van der Waals surface area contributed by atoms with Crippen LogP contribution in [0.4, 0.5) is 10.9 Å². The Morgan fingerprint density at radius 1 is 1.20 bits per heavy atom. The van der Waals surface area contributed by atoms with Crippen LogP contribution in [0.3, 0.4) is 0 Å². The zero-order chi connectivity index (χ0) is 24.9. The zero-order valence-corrected chi connectivity index (χ0v) is 19.9. The number of nitrogens with two attached hydrogens (primary N) is 1. The number of hydrogen-bond donors (Lipinski definition) is 2. The molecule has 0 unspecified atom stereocenters. The van der Waals surface area contributed by atoms with Crippen LogP contribution in [0.15, 0.2) is 45.7 Å². The van der Waals surface area contributed by atoms with E-state index in [9.17, 15) is 9.59 Å². The third-order valence-electron chi connectivity index (χ3n) is 4.77. The number of nitrogens with zero attached hydrogens (tertiary/aromatic N) is 4. The van der Waals surface area contributed by atoms with Crippen molar-refractivity contribution in [3.05, 3.63) is 52.7 Å². The average Bonchev–Trinajstić information content (AvgIpc) is 3.50. The van der Waals surface area contributed by atoms with E-state index < -0.39 is 11.5 Å². The molecule has 1 aromatic carbocycles. The molecule has 1 amide bonds. The minimum absolute atomic E-state index is 0.0569. The molecule has 182 valence electrons. The molecule has 12 nitrogen and oxygen atoms in total. The van der Waals surface area contributed by atoms with Crippen molar-refractivity contribution in [1.82, 2.24) is 20.0 Å². The van der Waals surface area contributed by atoms with E-state index in [1.807, 2.05) is 6.92 Å². The van der Waals surface area contributed by atoms with Gasteiger partial charge in [-0.05, 0) is 24.6 Å². The molecular formula is C22H22N6O6S. The second-order valence-corrected chi connectivity index (χ2v) is 7.99. The average molecular weight is 499 g/mol. The summed E-state index contributed by atoms with van der Waals surface area (Å²) in [5, 5.41) is 15.0. The Morgan fingerprint density at radius 3 is 2.57 bits per heavy atom. The molecule has 0 fully saturated rings. The summed E-state index contributed by atoms with van der Waals surface area (Å²) >= 11 is 1.04. The summed E-state index contributed by atoms with van der Waals surface area (Å²) in [6, 6.07) is 8.16. The Kier molecular flexibility index (Phi) is 6.96. The molecule has 4 rings (SSSR count). The van der Waals surface area contributed by atoms with Crippen LogP contribution in [0.2, 0.25) is 0 Å². The largest absolute Gasteiger partial charge is 0.496 e. The topological polar surface area (TPSA) is 157 Å². The monoisotopic (exact) mass is 498 g/mol. The molecule has 0 saturated carbocycles. The second-order valence-electron chi connectivity index (χ2n) is 7.04. The minimum atomic E-state index is -0.823. The molecule has 3 N–H and O–H groups in total. The predicted molar refractivity (Wildman–Crippen MR) is 129 cm³/mol. The van der Waals surface area contributed by atoms with Gasteiger partial charge in [-0.3, -0.25) is 10.1 Å². The zero-order valence-electron chi connectivity index (χ0n) is 19.1. The lowest BCUT2D eigenvalue weighted by atomic mass is 10.0. The first-order valence-corrected chi connectivity index (χ1v) is 11.3. The fourth-order valence-corrected chi connectivity index (χ4v) is 3.94. The van der Waals surface area contributed by atoms with Gasteiger partial charge in [-0.2, -0.15) is 9.78 Å². The molecule has 0 bridgehead atoms. The Labute approximate surface area is 203 Å². The van der Waals surface area contributed by atoms with Crippen LogP contribution in [0, 0.1) is 0 Å². The molecule has 0 aliphatic rings. The number of ether oxygens (including phenoxy) is 3. The van der Waals surface area contributed by atoms with E-state index in [4.69, 9.17) is 24.4 Å². The van der Waals surface area contributed by atoms with E-state index in [1.54, 1.807) is 24.3 Å². The number of carbonyl (C=O) groups excluding carboxylic acids is 1. The molecule has 0 radical (unpaired) electrons. The maximum Gasteiger partial charge on any atom is 0.379 e. The van der Waals surface area contributed by atoms with Crippen LogP contribution in [0.5, 0.6) is 17.2 Å². The number of methoxy groups -OCH3 is 2. The highest BCUT2D eigenvalue weighted by Gasteiger charge is 2.24. The molecule has 13 heteroatoms. The summed E-state index contributed by atoms with van der Waals surface area (Å²) in [7, 11) is 2.98. The summed E-state index contributed by atoms with van der Waals surface area (Å²) in [5.74, 6) is 0.177. The van der Waals surface area contributed by atoms with Crippen LogP contribution < -0.4 is 30.9 Å². The third-order valence-corrected chi connectivity index (χ3v) is 5.58. The fourth-order valence-electron chi connectivity index (χ4n) is 3.22. The van der Waals surface area contributed by atoms with Gasteiger partial charge in [0.05, 0.1) is 32.6 Å². The Hall–Kier alpha value is -4.39. The van der Waals surface area contributed by atoms with Gasteiger partial charge in [-0.1, -0.05) is 24.3 Å². The lowest BCUT2D eigenvalue weighted by Gasteiger charge is -2.16. The molecule has 35 heavy (non-hydrogen) atoms. The SMILES string of the molecule is CCCOc1c(-c2c(OC)cccc2OC)cc(C(=O)Nc2nnc(-n3nccc3N)s2)oc1=O. The maximum atomic E-state index is 13.0. The Balaban J connectivity index is 1.74. The number of nitrogen functional groups attached to an aromatic ring is 1. The summed E-state index contributed by atoms with van der Waals surface area (Å²) in [6.07, 6.45) is 2.17. The van der Waals surface area contributed by atoms with Gasteiger partial charge in [0.15, 0.2) is 5.76 Å². The molecule has 4 aromatic rings. The molecule has 0 atom stereocenters. The molecule has 0 spiro atoms. The van der Waals surface area contributed by atoms with Crippen molar-refractivity contribution in [3.63, 3.8) is 0 Å². The van der Waals surface area contributed by atoms with Crippen molar-refractivity contribution in [2.75, 3.05) is 31.9 Å². The van der Waals surface area contributed by atoms with E-state index in [2.05, 4.69) is 20.6 Å². The summed E-state index contributed by atoms with van der Waals surface area (Å²) in [4.78, 5) is 25.9. The van der Waals surface area contributed by atoms with Gasteiger partial charge in [0.1, 0.15) is 17.3 Å². The van der Waals surface area contributed by atoms with E-state index in [0.717, 1.165) is 11.3 Å². The molecular weight excluding hydrogens is 476 g/mol. The molecule has 0 saturated heterocycles. The molecule has 3 aromatic heterocycles. The van der Waals surface area contributed by atoms with E-state index in [1.165, 1.54) is 31.2 Å². The van der Waals surface area contributed by atoms with Crippen LogP contribution in [-0.4, -0.2) is 46.7 Å². The number of benzene rings is 1. The number of carbonyl (C=O) groups is 1. The number of rotatable bonds is 9. The van der Waals surface area contributed by atoms with Gasteiger partial charge in [0, 0.05) is 11.6 Å². The van der Waals surface area contributed by atoms with Gasteiger partial charge in [0.2, 0.25) is 16.0 Å². The number of anilines is 2. The van der Waals surface area contributed by atoms with Crippen LogP contribution in [0.25, 0.3) is 16.3 Å². The van der Waals surface area contributed by atoms with Gasteiger partial charge >= 0.3 is 5.63 Å². The smallest absolute Gasteiger partial charge is 0.379 e. The predicted octanol–water partition coefficient (Wildman–Crippen LogP) is 2.98. The van der Waals surface area contributed by atoms with Crippen molar-refractivity contribution >= 4 is 28.2 Å². The van der Waals surface area contributed by atoms with Gasteiger partial charge in [0.25, 0.3) is 5.91 Å². The maximum absolute atomic E-state index is 13.0. The van der Waals surface area contributed by atoms with E-state index >= 15 is 0 Å². The van der Waals surface area contributed by atoms with Crippen LogP contribution in [-0.2, 0) is 0 Å². The highest BCUT2D eigenvalue weighted by Crippen LogP contribution is 2.42. The highest BCUT2D eigenvalue weighted by molar-refractivity contribution is 7.17. The first kappa shape index (κ1) is 23.8. The number of hydrogen-bond acceptors (Lipinski definition) is 11. The summed E-state index contributed by atoms with van der Waals surface area (Å²) in [5.41, 5.74) is 5.74. The quantitative estimate of drug-likeness (QED) is 0.351. The van der Waals surface area contributed by atoms with Crippen LogP contribution >= 0.6 is 11.3 Å². The lowest BCUT2D eigenvalue weighted by Crippen LogP contribution is -2.17. The minimum Gasteiger partial charge on any atom is -0.496 e. The molecule has 0 aliphatic heterocycles. The highest BCUT2D eigenvalue weighted by atomic mass is 32.1. The van der Waals surface area contributed by atoms with Crippen LogP contribution in [0.1, 0.15) is 23.9 Å². The van der Waals surface area contributed by atoms with Crippen molar-refractivity contribution in [3.8, 4) is 33.5 Å². The van der Waals surface area contributed by atoms with Crippen molar-refractivity contribution in [1.29, 1.82) is 0 Å². The lowest BCUT2D eigenvalue weighted by molar-refractivity contribution is 0.0991. The number of amides is 1. The normalized spacial score (nSPS) is 10.7. The first-order valence-electron chi connectivity index (χ1n) is 10.4. The van der Waals surface area contributed by atoms with E-state index in [0.29, 0.717) is 34.4 Å². The molecule has 0 aliphatic carbocycles. The fraction of sp³-hybridized carbons (Fsp3) is 0.227. The van der Waals surface area contributed by atoms with Crippen molar-refractivity contribution < 1.29 is 23.4 Å². The summed E-state index contributed by atoms with van der Waals surface area (Å²) < 4.78 is 23.3. The number of nitrogens with one attached hydrogen (secondary N) is 1. The molecule has 3 heterocycles. The Morgan fingerprint density at radius 2 is 1.94 bits per heavy atom. The summed E-state index contributed by atoms with van der Waals surface area (Å²) in [6.45, 7) is 2.17.